The standard InChI is InChI=1S/C28H31N9/c1-27(2,3)23-16-21(33-35-23)19-12-14-29-25(31-19)37(18-10-8-7-9-11-18)26-30-15-13-20(32-26)22-17-24(36-34-22)28(4,5)6/h7-17H,1-6H3,(H,33,35)(H,34,36). The molecule has 2 N–H and O–H groups in total. The number of benzene rings is 1. The van der Waals surface area contributed by atoms with E-state index in [4.69, 9.17) is 9.97 Å². The van der Waals surface area contributed by atoms with E-state index in [2.05, 4.69) is 71.9 Å². The molecule has 0 saturated heterocycles. The summed E-state index contributed by atoms with van der Waals surface area (Å²) in [5.74, 6) is 0.886. The number of aromatic amines is 2. The molecule has 0 fully saturated rings. The number of para-hydroxylation sites is 1. The maximum absolute atomic E-state index is 4.86. The molecule has 0 bridgehead atoms. The highest BCUT2D eigenvalue weighted by atomic mass is 15.3. The molecule has 0 atom stereocenters. The molecule has 4 heterocycles. The fourth-order valence-electron chi connectivity index (χ4n) is 3.77. The second kappa shape index (κ2) is 9.24. The van der Waals surface area contributed by atoms with Crippen LogP contribution in [0.15, 0.2) is 67.0 Å². The number of nitrogens with one attached hydrogen (secondary N) is 2. The number of anilines is 3. The van der Waals surface area contributed by atoms with Crippen molar-refractivity contribution in [2.45, 2.75) is 52.4 Å². The van der Waals surface area contributed by atoms with Crippen molar-refractivity contribution in [3.8, 4) is 22.8 Å². The Morgan fingerprint density at radius 2 is 1.05 bits per heavy atom. The topological polar surface area (TPSA) is 112 Å². The predicted molar refractivity (Wildman–Crippen MR) is 145 cm³/mol. The largest absolute Gasteiger partial charge is 0.281 e. The van der Waals surface area contributed by atoms with Crippen molar-refractivity contribution < 1.29 is 0 Å². The van der Waals surface area contributed by atoms with Crippen LogP contribution in [0.5, 0.6) is 0 Å². The Kier molecular flexibility index (Phi) is 6.07. The molecule has 9 heteroatoms. The van der Waals surface area contributed by atoms with Gasteiger partial charge in [0, 0.05) is 34.6 Å². The molecule has 0 aliphatic rings. The van der Waals surface area contributed by atoms with Gasteiger partial charge in [-0.25, -0.2) is 24.8 Å². The summed E-state index contributed by atoms with van der Waals surface area (Å²) >= 11 is 0. The van der Waals surface area contributed by atoms with E-state index in [0.717, 1.165) is 28.5 Å². The zero-order valence-corrected chi connectivity index (χ0v) is 22.0. The molecular formula is C28H31N9. The van der Waals surface area contributed by atoms with Crippen LogP contribution in [0.1, 0.15) is 52.9 Å². The zero-order chi connectivity index (χ0) is 26.2. The number of H-pyrrole nitrogens is 2. The number of nitrogens with zero attached hydrogens (tertiary/aromatic N) is 7. The Morgan fingerprint density at radius 1 is 0.595 bits per heavy atom. The minimum absolute atomic E-state index is 0.0510. The highest BCUT2D eigenvalue weighted by Crippen LogP contribution is 2.32. The summed E-state index contributed by atoms with van der Waals surface area (Å²) in [6.07, 6.45) is 3.46. The van der Waals surface area contributed by atoms with Crippen molar-refractivity contribution in [3.05, 3.63) is 78.4 Å². The lowest BCUT2D eigenvalue weighted by Crippen LogP contribution is -2.16. The molecule has 4 aromatic heterocycles. The van der Waals surface area contributed by atoms with Crippen molar-refractivity contribution in [1.29, 1.82) is 0 Å². The molecule has 37 heavy (non-hydrogen) atoms. The van der Waals surface area contributed by atoms with Crippen LogP contribution in [-0.4, -0.2) is 40.3 Å². The van der Waals surface area contributed by atoms with E-state index in [1.165, 1.54) is 0 Å². The van der Waals surface area contributed by atoms with E-state index in [1.54, 1.807) is 12.4 Å². The van der Waals surface area contributed by atoms with Gasteiger partial charge in [0.05, 0.1) is 17.1 Å². The van der Waals surface area contributed by atoms with Crippen LogP contribution in [0.2, 0.25) is 0 Å². The second-order valence-corrected chi connectivity index (χ2v) is 11.0. The first-order chi connectivity index (χ1) is 17.6. The first kappa shape index (κ1) is 24.3. The van der Waals surface area contributed by atoms with Crippen molar-refractivity contribution in [2.24, 2.45) is 0 Å². The molecular weight excluding hydrogens is 462 g/mol. The molecule has 0 radical (unpaired) electrons. The molecule has 188 valence electrons. The van der Waals surface area contributed by atoms with Crippen LogP contribution in [0.3, 0.4) is 0 Å². The van der Waals surface area contributed by atoms with E-state index in [0.29, 0.717) is 23.3 Å². The number of aromatic nitrogens is 8. The number of hydrogen-bond acceptors (Lipinski definition) is 7. The van der Waals surface area contributed by atoms with Gasteiger partial charge in [0.2, 0.25) is 11.9 Å². The molecule has 0 unspecified atom stereocenters. The van der Waals surface area contributed by atoms with Crippen LogP contribution < -0.4 is 4.90 Å². The highest BCUT2D eigenvalue weighted by molar-refractivity contribution is 5.70. The van der Waals surface area contributed by atoms with E-state index in [1.807, 2.05) is 59.5 Å². The zero-order valence-electron chi connectivity index (χ0n) is 22.0. The smallest absolute Gasteiger partial charge is 0.237 e. The van der Waals surface area contributed by atoms with E-state index >= 15 is 0 Å². The fraction of sp³-hybridized carbons (Fsp3) is 0.286. The van der Waals surface area contributed by atoms with Crippen LogP contribution in [0, 0.1) is 0 Å². The summed E-state index contributed by atoms with van der Waals surface area (Å²) in [5.41, 5.74) is 5.72. The van der Waals surface area contributed by atoms with Gasteiger partial charge in [0.1, 0.15) is 11.4 Å². The summed E-state index contributed by atoms with van der Waals surface area (Å²) in [6, 6.07) is 17.6. The van der Waals surface area contributed by atoms with Crippen molar-refractivity contribution in [2.75, 3.05) is 4.90 Å². The second-order valence-electron chi connectivity index (χ2n) is 11.0. The maximum Gasteiger partial charge on any atom is 0.237 e. The van der Waals surface area contributed by atoms with Crippen molar-refractivity contribution >= 4 is 17.6 Å². The average Bonchev–Trinajstić information content (AvgIpc) is 3.56. The van der Waals surface area contributed by atoms with Gasteiger partial charge in [-0.3, -0.25) is 10.2 Å². The minimum atomic E-state index is -0.0510. The molecule has 5 rings (SSSR count). The lowest BCUT2D eigenvalue weighted by molar-refractivity contribution is 0.566. The third kappa shape index (κ3) is 5.11. The Morgan fingerprint density at radius 3 is 1.46 bits per heavy atom. The molecule has 0 saturated carbocycles. The van der Waals surface area contributed by atoms with Crippen molar-refractivity contribution in [1.82, 2.24) is 40.3 Å². The lowest BCUT2D eigenvalue weighted by Gasteiger charge is -2.21. The first-order valence-corrected chi connectivity index (χ1v) is 12.2. The van der Waals surface area contributed by atoms with Gasteiger partial charge in [-0.1, -0.05) is 59.7 Å². The minimum Gasteiger partial charge on any atom is -0.281 e. The monoisotopic (exact) mass is 493 g/mol. The lowest BCUT2D eigenvalue weighted by atomic mass is 9.92. The third-order valence-corrected chi connectivity index (χ3v) is 6.00. The third-order valence-electron chi connectivity index (χ3n) is 6.00. The molecule has 9 nitrogen and oxygen atoms in total. The van der Waals surface area contributed by atoms with Gasteiger partial charge in [-0.05, 0) is 36.4 Å². The van der Waals surface area contributed by atoms with E-state index in [-0.39, 0.29) is 10.8 Å². The molecule has 0 aliphatic carbocycles. The Bertz CT molecular complexity index is 1410. The van der Waals surface area contributed by atoms with Gasteiger partial charge in [0.25, 0.3) is 0 Å². The van der Waals surface area contributed by atoms with Gasteiger partial charge >= 0.3 is 0 Å². The summed E-state index contributed by atoms with van der Waals surface area (Å²) in [6.45, 7) is 12.8. The summed E-state index contributed by atoms with van der Waals surface area (Å²) < 4.78 is 0. The predicted octanol–water partition coefficient (Wildman–Crippen LogP) is 6.11. The van der Waals surface area contributed by atoms with Crippen LogP contribution >= 0.6 is 0 Å². The number of hydrogen-bond donors (Lipinski definition) is 2. The molecule has 0 spiro atoms. The van der Waals surface area contributed by atoms with Gasteiger partial charge in [0.15, 0.2) is 0 Å². The molecule has 1 aromatic carbocycles. The van der Waals surface area contributed by atoms with E-state index in [9.17, 15) is 0 Å². The SMILES string of the molecule is CC(C)(C)c1cc(-c2ccnc(N(c3ccccc3)c3nccc(-c4cc(C(C)(C)C)[nH]n4)n3)n2)n[nH]1. The van der Waals surface area contributed by atoms with Crippen molar-refractivity contribution in [3.63, 3.8) is 0 Å². The van der Waals surface area contributed by atoms with Gasteiger partial charge in [-0.2, -0.15) is 10.2 Å². The molecule has 5 aromatic rings. The molecule has 0 aliphatic heterocycles. The quantitative estimate of drug-likeness (QED) is 0.304. The Labute approximate surface area is 216 Å². The van der Waals surface area contributed by atoms with Gasteiger partial charge < -0.3 is 0 Å². The fourth-order valence-corrected chi connectivity index (χ4v) is 3.77. The summed E-state index contributed by atoms with van der Waals surface area (Å²) in [5, 5.41) is 15.3. The highest BCUT2D eigenvalue weighted by Gasteiger charge is 2.22. The Balaban J connectivity index is 1.58. The Hall–Kier alpha value is -4.40. The first-order valence-electron chi connectivity index (χ1n) is 12.2. The molecule has 0 amide bonds. The number of rotatable bonds is 5. The van der Waals surface area contributed by atoms with Crippen LogP contribution in [0.25, 0.3) is 22.8 Å². The van der Waals surface area contributed by atoms with Gasteiger partial charge in [-0.15, -0.1) is 0 Å². The maximum atomic E-state index is 4.86. The van der Waals surface area contributed by atoms with Crippen LogP contribution in [-0.2, 0) is 10.8 Å². The van der Waals surface area contributed by atoms with E-state index < -0.39 is 0 Å². The van der Waals surface area contributed by atoms with Crippen LogP contribution in [0.4, 0.5) is 17.6 Å². The normalized spacial score (nSPS) is 12.1. The summed E-state index contributed by atoms with van der Waals surface area (Å²) in [4.78, 5) is 20.7. The average molecular weight is 494 g/mol. The summed E-state index contributed by atoms with van der Waals surface area (Å²) in [7, 11) is 0.